The number of thiophene rings is 1. The van der Waals surface area contributed by atoms with Gasteiger partial charge < -0.3 is 0 Å². The molecule has 0 amide bonds. The third-order valence-electron chi connectivity index (χ3n) is 11.2. The Morgan fingerprint density at radius 1 is 0.455 bits per heavy atom. The fourth-order valence-electron chi connectivity index (χ4n) is 8.72. The number of hydrogen-bond donors (Lipinski definition) is 0. The predicted molar refractivity (Wildman–Crippen MR) is 238 cm³/mol. The number of hydrogen-bond acceptors (Lipinski definition) is 3. The number of thioether (sulfide) groups is 1. The van der Waals surface area contributed by atoms with Crippen molar-refractivity contribution >= 4 is 83.1 Å². The summed E-state index contributed by atoms with van der Waals surface area (Å²) in [6.07, 6.45) is 0. The van der Waals surface area contributed by atoms with Crippen LogP contribution in [0.25, 0.3) is 59.1 Å². The van der Waals surface area contributed by atoms with Crippen LogP contribution in [0.2, 0.25) is 0 Å². The van der Waals surface area contributed by atoms with Crippen molar-refractivity contribution in [3.05, 3.63) is 200 Å². The van der Waals surface area contributed by atoms with Gasteiger partial charge in [0.05, 0.1) is 22.5 Å². The smallest absolute Gasteiger partial charge is 0.179 e. The molecule has 0 bridgehead atoms. The molecule has 1 aliphatic rings. The van der Waals surface area contributed by atoms with Gasteiger partial charge in [-0.15, -0.1) is 23.1 Å². The fraction of sp³-hybridized carbons (Fsp3) is 0.0200. The predicted octanol–water partition coefficient (Wildman–Crippen LogP) is 10.7. The molecule has 0 N–H and O–H groups in total. The van der Waals surface area contributed by atoms with Crippen molar-refractivity contribution in [3.8, 4) is 27.9 Å². The molecule has 1 aliphatic heterocycles. The molecule has 2 aromatic heterocycles. The van der Waals surface area contributed by atoms with Crippen molar-refractivity contribution in [3.63, 3.8) is 0 Å². The van der Waals surface area contributed by atoms with E-state index in [1.165, 1.54) is 73.8 Å². The Morgan fingerprint density at radius 3 is 1.78 bits per heavy atom. The first kappa shape index (κ1) is 32.4. The average Bonchev–Trinajstić information content (AvgIpc) is 3.83. The zero-order chi connectivity index (χ0) is 36.3. The van der Waals surface area contributed by atoms with Crippen LogP contribution in [-0.2, 0) is 5.75 Å². The van der Waals surface area contributed by atoms with Gasteiger partial charge in [-0.05, 0) is 85.5 Å². The molecule has 11 rings (SSSR count). The first-order valence-electron chi connectivity index (χ1n) is 18.7. The van der Waals surface area contributed by atoms with Gasteiger partial charge in [0.2, 0.25) is 0 Å². The number of aromatic nitrogens is 2. The van der Waals surface area contributed by atoms with Crippen molar-refractivity contribution in [2.75, 3.05) is 0 Å². The second-order valence-electron chi connectivity index (χ2n) is 14.3. The molecular weight excluding hydrogens is 721 g/mol. The van der Waals surface area contributed by atoms with E-state index in [0.717, 1.165) is 22.6 Å². The molecule has 0 aliphatic carbocycles. The molecule has 0 spiro atoms. The number of imidazole rings is 1. The lowest BCUT2D eigenvalue weighted by atomic mass is 10.0. The number of rotatable bonds is 6. The van der Waals surface area contributed by atoms with Crippen LogP contribution in [0.15, 0.2) is 199 Å². The van der Waals surface area contributed by atoms with Crippen LogP contribution < -0.4 is 20.7 Å². The summed E-state index contributed by atoms with van der Waals surface area (Å²) >= 11 is 3.75. The first-order chi connectivity index (χ1) is 27.2. The van der Waals surface area contributed by atoms with Crippen molar-refractivity contribution in [1.82, 2.24) is 9.55 Å². The molecule has 8 aromatic carbocycles. The molecule has 260 valence electrons. The zero-order valence-electron chi connectivity index (χ0n) is 29.9. The van der Waals surface area contributed by atoms with Crippen LogP contribution in [0.1, 0.15) is 5.82 Å². The lowest BCUT2D eigenvalue weighted by Gasteiger charge is -2.35. The first-order valence-corrected chi connectivity index (χ1v) is 22.5. The van der Waals surface area contributed by atoms with Gasteiger partial charge in [-0.2, -0.15) is 0 Å². The van der Waals surface area contributed by atoms with Crippen LogP contribution in [0, 0.1) is 0 Å². The van der Waals surface area contributed by atoms with Gasteiger partial charge in [-0.1, -0.05) is 152 Å². The molecule has 0 saturated heterocycles. The highest BCUT2D eigenvalue weighted by molar-refractivity contribution is 7.98. The Bertz CT molecular complexity index is 3020. The molecule has 55 heavy (non-hydrogen) atoms. The fourth-order valence-corrected chi connectivity index (χ4v) is 15.6. The number of benzene rings is 8. The Labute approximate surface area is 329 Å². The second-order valence-corrected chi connectivity index (χ2v) is 20.2. The van der Waals surface area contributed by atoms with Gasteiger partial charge in [0, 0.05) is 25.1 Å². The minimum absolute atomic E-state index is 0.871. The van der Waals surface area contributed by atoms with Crippen LogP contribution in [-0.4, -0.2) is 17.6 Å². The monoisotopic (exact) mass is 754 g/mol. The molecule has 2 nitrogen and oxygen atoms in total. The van der Waals surface area contributed by atoms with E-state index in [2.05, 4.69) is 199 Å². The van der Waals surface area contributed by atoms with E-state index in [0.29, 0.717) is 0 Å². The molecule has 0 saturated carbocycles. The van der Waals surface area contributed by atoms with E-state index in [-0.39, 0.29) is 0 Å². The van der Waals surface area contributed by atoms with Crippen LogP contribution in [0.4, 0.5) is 0 Å². The average molecular weight is 755 g/mol. The maximum atomic E-state index is 5.00. The maximum absolute atomic E-state index is 5.00. The molecular formula is C50H34N2S2Si. The minimum Gasteiger partial charge on any atom is -0.294 e. The van der Waals surface area contributed by atoms with Gasteiger partial charge in [0.15, 0.2) is 8.07 Å². The van der Waals surface area contributed by atoms with E-state index >= 15 is 0 Å². The van der Waals surface area contributed by atoms with E-state index in [4.69, 9.17) is 4.98 Å². The van der Waals surface area contributed by atoms with Gasteiger partial charge in [0.1, 0.15) is 5.82 Å². The van der Waals surface area contributed by atoms with Crippen LogP contribution >= 0.6 is 23.1 Å². The number of fused-ring (bicyclic) bond motifs is 8. The summed E-state index contributed by atoms with van der Waals surface area (Å²) in [6.45, 7) is 0. The third-order valence-corrected chi connectivity index (χ3v) is 18.2. The lowest BCUT2D eigenvalue weighted by Crippen LogP contribution is -2.74. The molecule has 0 atom stereocenters. The molecule has 0 radical (unpaired) electrons. The topological polar surface area (TPSA) is 17.8 Å². The van der Waals surface area contributed by atoms with E-state index in [1.807, 2.05) is 23.1 Å². The minimum atomic E-state index is -2.84. The normalized spacial score (nSPS) is 12.6. The SMILES string of the molecule is c1ccc([Si](c2ccccc2)(c2cccc(-c3ccc4c(c3)-n3c(nc5ccccc53)CS4)c2)c2cccc(-c3ccc4sc5ccccc5c4c3)c2)cc1. The largest absolute Gasteiger partial charge is 0.294 e. The summed E-state index contributed by atoms with van der Waals surface area (Å²) < 4.78 is 5.02. The van der Waals surface area contributed by atoms with Gasteiger partial charge in [0.25, 0.3) is 0 Å². The van der Waals surface area contributed by atoms with Crippen molar-refractivity contribution < 1.29 is 0 Å². The van der Waals surface area contributed by atoms with Crippen LogP contribution in [0.3, 0.4) is 0 Å². The van der Waals surface area contributed by atoms with Gasteiger partial charge in [-0.3, -0.25) is 4.57 Å². The Hall–Kier alpha value is -5.98. The standard InChI is InChI=1S/C50H34N2S2Si/c1-3-15-38(16-4-1)55(39-17-5-2-6-18-39,40-19-11-13-34(29-40)36-25-27-48-43(31-36)42-21-7-10-24-47(42)54-48)41-20-12-14-35(30-41)37-26-28-49-46(32-37)52-45-23-9-8-22-44(45)51-50(52)33-53-49/h1-32H,33H2. The summed E-state index contributed by atoms with van der Waals surface area (Å²) in [5.74, 6) is 1.98. The molecule has 0 fully saturated rings. The highest BCUT2D eigenvalue weighted by Crippen LogP contribution is 2.40. The van der Waals surface area contributed by atoms with Gasteiger partial charge >= 0.3 is 0 Å². The summed E-state index contributed by atoms with van der Waals surface area (Å²) in [4.78, 5) is 6.29. The van der Waals surface area contributed by atoms with Gasteiger partial charge in [-0.25, -0.2) is 4.98 Å². The number of para-hydroxylation sites is 2. The third kappa shape index (κ3) is 5.26. The summed E-state index contributed by atoms with van der Waals surface area (Å²) in [7, 11) is -2.84. The maximum Gasteiger partial charge on any atom is 0.179 e. The Kier molecular flexibility index (Phi) is 7.73. The molecule has 10 aromatic rings. The summed E-state index contributed by atoms with van der Waals surface area (Å²) in [5.41, 5.74) is 8.33. The molecule has 5 heteroatoms. The van der Waals surface area contributed by atoms with Crippen molar-refractivity contribution in [1.29, 1.82) is 0 Å². The highest BCUT2D eigenvalue weighted by atomic mass is 32.2. The summed E-state index contributed by atoms with van der Waals surface area (Å²) in [5, 5.41) is 8.11. The highest BCUT2D eigenvalue weighted by Gasteiger charge is 2.41. The van der Waals surface area contributed by atoms with Crippen molar-refractivity contribution in [2.45, 2.75) is 10.6 Å². The number of nitrogens with zero attached hydrogens (tertiary/aromatic N) is 2. The van der Waals surface area contributed by atoms with E-state index in [9.17, 15) is 0 Å². The summed E-state index contributed by atoms with van der Waals surface area (Å²) in [6, 6.07) is 72.6. The quantitative estimate of drug-likeness (QED) is 0.124. The lowest BCUT2D eigenvalue weighted by molar-refractivity contribution is 0.946. The van der Waals surface area contributed by atoms with E-state index in [1.54, 1.807) is 0 Å². The van der Waals surface area contributed by atoms with E-state index < -0.39 is 8.07 Å². The Balaban J connectivity index is 1.11. The zero-order valence-corrected chi connectivity index (χ0v) is 32.5. The molecule has 0 unspecified atom stereocenters. The second kappa shape index (κ2) is 13.1. The molecule has 3 heterocycles. The van der Waals surface area contributed by atoms with Crippen LogP contribution in [0.5, 0.6) is 0 Å². The Morgan fingerprint density at radius 2 is 1.04 bits per heavy atom. The van der Waals surface area contributed by atoms with Crippen molar-refractivity contribution in [2.24, 2.45) is 0 Å².